The summed E-state index contributed by atoms with van der Waals surface area (Å²) < 4.78 is 0. The zero-order chi connectivity index (χ0) is 18.2. The van der Waals surface area contributed by atoms with Crippen molar-refractivity contribution in [2.45, 2.75) is 57.8 Å². The molecule has 0 saturated heterocycles. The van der Waals surface area contributed by atoms with Gasteiger partial charge in [0.25, 0.3) is 0 Å². The molecule has 0 atom stereocenters. The van der Waals surface area contributed by atoms with Gasteiger partial charge < -0.3 is 15.7 Å². The van der Waals surface area contributed by atoms with E-state index in [2.05, 4.69) is 34.9 Å². The minimum absolute atomic E-state index is 0.00881. The number of benzene rings is 1. The Kier molecular flexibility index (Phi) is 12.2. The van der Waals surface area contributed by atoms with Crippen molar-refractivity contribution < 1.29 is 14.7 Å². The van der Waals surface area contributed by atoms with E-state index in [1.807, 2.05) is 6.07 Å². The van der Waals surface area contributed by atoms with Crippen LogP contribution in [0.1, 0.15) is 56.9 Å². The molecule has 0 heterocycles. The Balaban J connectivity index is 1.80. The van der Waals surface area contributed by atoms with Gasteiger partial charge in [0.2, 0.25) is 5.91 Å². The van der Waals surface area contributed by atoms with Gasteiger partial charge in [0.05, 0.1) is 6.42 Å². The summed E-state index contributed by atoms with van der Waals surface area (Å²) in [4.78, 5) is 21.8. The number of hydrogen-bond donors (Lipinski definition) is 3. The van der Waals surface area contributed by atoms with Crippen LogP contribution < -0.4 is 10.6 Å². The Morgan fingerprint density at radius 1 is 0.800 bits per heavy atom. The second-order valence-electron chi connectivity index (χ2n) is 6.35. The van der Waals surface area contributed by atoms with E-state index in [9.17, 15) is 9.59 Å². The average molecular weight is 348 g/mol. The van der Waals surface area contributed by atoms with Gasteiger partial charge in [0, 0.05) is 13.0 Å². The smallest absolute Gasteiger partial charge is 0.305 e. The fraction of sp³-hybridized carbons (Fsp3) is 0.600. The molecular formula is C20H32N2O3. The molecule has 0 bridgehead atoms. The van der Waals surface area contributed by atoms with E-state index in [1.165, 1.54) is 24.8 Å². The summed E-state index contributed by atoms with van der Waals surface area (Å²) in [5.41, 5.74) is 1.38. The SMILES string of the molecule is O=C(O)CCNC(=O)CCCCCCCCNCCc1ccccc1. The van der Waals surface area contributed by atoms with Crippen molar-refractivity contribution in [3.05, 3.63) is 35.9 Å². The van der Waals surface area contributed by atoms with Crippen LogP contribution in [0.15, 0.2) is 30.3 Å². The Bertz CT molecular complexity index is 477. The number of nitrogens with one attached hydrogen (secondary N) is 2. The Labute approximate surface area is 151 Å². The number of aliphatic carboxylic acids is 1. The lowest BCUT2D eigenvalue weighted by atomic mass is 10.1. The van der Waals surface area contributed by atoms with Crippen LogP contribution in [0.25, 0.3) is 0 Å². The van der Waals surface area contributed by atoms with Crippen LogP contribution in [0.2, 0.25) is 0 Å². The van der Waals surface area contributed by atoms with Gasteiger partial charge in [-0.15, -0.1) is 0 Å². The van der Waals surface area contributed by atoms with Gasteiger partial charge in [-0.2, -0.15) is 0 Å². The highest BCUT2D eigenvalue weighted by Gasteiger charge is 2.02. The second-order valence-corrected chi connectivity index (χ2v) is 6.35. The van der Waals surface area contributed by atoms with Crippen LogP contribution in [0.5, 0.6) is 0 Å². The number of carboxylic acid groups (broad SMARTS) is 1. The molecule has 1 aromatic rings. The highest BCUT2D eigenvalue weighted by atomic mass is 16.4. The molecule has 0 unspecified atom stereocenters. The van der Waals surface area contributed by atoms with Crippen molar-refractivity contribution in [2.24, 2.45) is 0 Å². The normalized spacial score (nSPS) is 10.6. The Morgan fingerprint density at radius 2 is 1.48 bits per heavy atom. The molecule has 5 heteroatoms. The monoisotopic (exact) mass is 348 g/mol. The molecule has 0 spiro atoms. The van der Waals surface area contributed by atoms with Gasteiger partial charge in [-0.3, -0.25) is 9.59 Å². The van der Waals surface area contributed by atoms with E-state index >= 15 is 0 Å². The first kappa shape index (κ1) is 21.2. The highest BCUT2D eigenvalue weighted by molar-refractivity contribution is 5.76. The van der Waals surface area contributed by atoms with E-state index < -0.39 is 5.97 Å². The van der Waals surface area contributed by atoms with Gasteiger partial charge >= 0.3 is 5.97 Å². The lowest BCUT2D eigenvalue weighted by Crippen LogP contribution is -2.25. The summed E-state index contributed by atoms with van der Waals surface area (Å²) in [5, 5.41) is 14.6. The quantitative estimate of drug-likeness (QED) is 0.426. The van der Waals surface area contributed by atoms with Gasteiger partial charge in [-0.1, -0.05) is 56.0 Å². The zero-order valence-corrected chi connectivity index (χ0v) is 15.1. The van der Waals surface area contributed by atoms with Crippen molar-refractivity contribution in [2.75, 3.05) is 19.6 Å². The maximum atomic E-state index is 11.5. The maximum Gasteiger partial charge on any atom is 0.305 e. The third kappa shape index (κ3) is 13.1. The zero-order valence-electron chi connectivity index (χ0n) is 15.1. The molecule has 0 aliphatic rings. The van der Waals surface area contributed by atoms with Crippen LogP contribution >= 0.6 is 0 Å². The number of rotatable bonds is 15. The van der Waals surface area contributed by atoms with E-state index in [-0.39, 0.29) is 18.9 Å². The number of amides is 1. The summed E-state index contributed by atoms with van der Waals surface area (Å²) in [6, 6.07) is 10.5. The van der Waals surface area contributed by atoms with Crippen molar-refractivity contribution in [3.63, 3.8) is 0 Å². The molecule has 1 amide bonds. The molecule has 5 nitrogen and oxygen atoms in total. The summed E-state index contributed by atoms with van der Waals surface area (Å²) in [6.45, 7) is 2.32. The number of carbonyl (C=O) groups is 2. The predicted octanol–water partition coefficient (Wildman–Crippen LogP) is 3.14. The van der Waals surface area contributed by atoms with Crippen LogP contribution in [0.4, 0.5) is 0 Å². The molecule has 0 aliphatic heterocycles. The summed E-state index contributed by atoms with van der Waals surface area (Å²) in [5.74, 6) is -0.918. The maximum absolute atomic E-state index is 11.5. The molecule has 25 heavy (non-hydrogen) atoms. The van der Waals surface area contributed by atoms with Crippen molar-refractivity contribution in [1.82, 2.24) is 10.6 Å². The molecule has 1 rings (SSSR count). The van der Waals surface area contributed by atoms with Gasteiger partial charge in [0.15, 0.2) is 0 Å². The van der Waals surface area contributed by atoms with E-state index in [0.29, 0.717) is 6.42 Å². The molecule has 140 valence electrons. The average Bonchev–Trinajstić information content (AvgIpc) is 2.60. The number of carbonyl (C=O) groups excluding carboxylic acids is 1. The van der Waals surface area contributed by atoms with Gasteiger partial charge in [-0.05, 0) is 37.9 Å². The number of hydrogen-bond acceptors (Lipinski definition) is 3. The summed E-state index contributed by atoms with van der Waals surface area (Å²) in [6.07, 6.45) is 8.31. The Hall–Kier alpha value is -1.88. The molecule has 3 N–H and O–H groups in total. The Morgan fingerprint density at radius 3 is 2.20 bits per heavy atom. The lowest BCUT2D eigenvalue weighted by Gasteiger charge is -2.05. The van der Waals surface area contributed by atoms with Gasteiger partial charge in [0.1, 0.15) is 0 Å². The first-order valence-corrected chi connectivity index (χ1v) is 9.41. The fourth-order valence-corrected chi connectivity index (χ4v) is 2.64. The lowest BCUT2D eigenvalue weighted by molar-refractivity contribution is -0.136. The highest BCUT2D eigenvalue weighted by Crippen LogP contribution is 2.07. The fourth-order valence-electron chi connectivity index (χ4n) is 2.64. The number of unbranched alkanes of at least 4 members (excludes halogenated alkanes) is 5. The first-order chi connectivity index (χ1) is 12.2. The molecule has 1 aromatic carbocycles. The van der Waals surface area contributed by atoms with Crippen LogP contribution in [0.3, 0.4) is 0 Å². The van der Waals surface area contributed by atoms with E-state index in [1.54, 1.807) is 0 Å². The van der Waals surface area contributed by atoms with Crippen LogP contribution in [0, 0.1) is 0 Å². The third-order valence-corrected chi connectivity index (χ3v) is 4.10. The van der Waals surface area contributed by atoms with Crippen molar-refractivity contribution in [3.8, 4) is 0 Å². The predicted molar refractivity (Wildman–Crippen MR) is 101 cm³/mol. The largest absolute Gasteiger partial charge is 0.481 e. The third-order valence-electron chi connectivity index (χ3n) is 4.10. The molecule has 0 aromatic heterocycles. The van der Waals surface area contributed by atoms with Crippen molar-refractivity contribution >= 4 is 11.9 Å². The number of carboxylic acids is 1. The second kappa shape index (κ2) is 14.5. The molecular weight excluding hydrogens is 316 g/mol. The standard InChI is InChI=1S/C20H32N2O3/c23-19(22-17-14-20(24)25)12-8-3-1-2-4-9-15-21-16-13-18-10-6-5-7-11-18/h5-7,10-11,21H,1-4,8-9,12-17H2,(H,22,23)(H,24,25). The first-order valence-electron chi connectivity index (χ1n) is 9.41. The summed E-state index contributed by atoms with van der Waals surface area (Å²) in [7, 11) is 0. The minimum Gasteiger partial charge on any atom is -0.481 e. The van der Waals surface area contributed by atoms with E-state index in [4.69, 9.17) is 5.11 Å². The molecule has 0 fully saturated rings. The van der Waals surface area contributed by atoms with Crippen molar-refractivity contribution in [1.29, 1.82) is 0 Å². The molecule has 0 saturated carbocycles. The topological polar surface area (TPSA) is 78.4 Å². The van der Waals surface area contributed by atoms with E-state index in [0.717, 1.165) is 38.8 Å². The van der Waals surface area contributed by atoms with Gasteiger partial charge in [-0.25, -0.2) is 0 Å². The van der Waals surface area contributed by atoms with Crippen LogP contribution in [-0.2, 0) is 16.0 Å². The van der Waals surface area contributed by atoms with Crippen LogP contribution in [-0.4, -0.2) is 36.6 Å². The molecule has 0 radical (unpaired) electrons. The minimum atomic E-state index is -0.880. The summed E-state index contributed by atoms with van der Waals surface area (Å²) >= 11 is 0. The molecule has 0 aliphatic carbocycles.